The van der Waals surface area contributed by atoms with Crippen molar-refractivity contribution in [1.29, 1.82) is 0 Å². The molecule has 5 nitrogen and oxygen atoms in total. The lowest BCUT2D eigenvalue weighted by Gasteiger charge is -2.24. The second kappa shape index (κ2) is 7.50. The number of rotatable bonds is 4. The number of benzene rings is 2. The van der Waals surface area contributed by atoms with Crippen LogP contribution in [0.15, 0.2) is 48.7 Å². The van der Waals surface area contributed by atoms with Crippen molar-refractivity contribution in [2.75, 3.05) is 5.32 Å². The Balaban J connectivity index is 1.58. The van der Waals surface area contributed by atoms with E-state index in [-0.39, 0.29) is 11.9 Å². The van der Waals surface area contributed by atoms with Gasteiger partial charge in [0.15, 0.2) is 0 Å². The summed E-state index contributed by atoms with van der Waals surface area (Å²) in [4.78, 5) is 13.1. The Hall–Kier alpha value is -3.08. The maximum atomic E-state index is 13.1. The van der Waals surface area contributed by atoms with E-state index in [2.05, 4.69) is 35.6 Å². The molecule has 2 aromatic carbocycles. The molecule has 0 fully saturated rings. The molecule has 1 unspecified atom stereocenters. The molecule has 144 valence electrons. The number of nitrogens with zero attached hydrogens (tertiary/aromatic N) is 2. The van der Waals surface area contributed by atoms with Crippen LogP contribution in [0.5, 0.6) is 0 Å². The summed E-state index contributed by atoms with van der Waals surface area (Å²) < 4.78 is 1.92. The molecule has 0 bridgehead atoms. The topological polar surface area (TPSA) is 59.0 Å². The highest BCUT2D eigenvalue weighted by atomic mass is 16.1. The molecule has 5 heteroatoms. The van der Waals surface area contributed by atoms with Crippen molar-refractivity contribution in [1.82, 2.24) is 15.1 Å². The Morgan fingerprint density at radius 2 is 1.89 bits per heavy atom. The molecular formula is C23H26N4O. The predicted molar refractivity (Wildman–Crippen MR) is 112 cm³/mol. The van der Waals surface area contributed by atoms with Gasteiger partial charge in [0.1, 0.15) is 0 Å². The first kappa shape index (κ1) is 18.3. The smallest absolute Gasteiger partial charge is 0.253 e. The highest BCUT2D eigenvalue weighted by Gasteiger charge is 2.25. The Bertz CT molecular complexity index is 1020. The molecular weight excluding hydrogens is 348 g/mol. The summed E-state index contributed by atoms with van der Waals surface area (Å²) in [5.74, 6) is -0.0601. The number of carbonyl (C=O) groups is 1. The van der Waals surface area contributed by atoms with Crippen molar-refractivity contribution < 1.29 is 4.79 Å². The number of hydrogen-bond acceptors (Lipinski definition) is 3. The number of hydrogen-bond donors (Lipinski definition) is 2. The zero-order valence-electron chi connectivity index (χ0n) is 16.6. The van der Waals surface area contributed by atoms with Gasteiger partial charge in [0.05, 0.1) is 23.5 Å². The molecule has 1 atom stereocenters. The fourth-order valence-corrected chi connectivity index (χ4v) is 3.91. The number of nitrogens with one attached hydrogen (secondary N) is 2. The zero-order chi connectivity index (χ0) is 19.7. The minimum Gasteiger partial charge on any atom is -0.355 e. The molecule has 1 aliphatic carbocycles. The molecule has 3 aromatic rings. The average molecular weight is 374 g/mol. The first-order chi connectivity index (χ1) is 13.5. The van der Waals surface area contributed by atoms with Gasteiger partial charge in [-0.15, -0.1) is 0 Å². The second-order valence-corrected chi connectivity index (χ2v) is 7.51. The van der Waals surface area contributed by atoms with Crippen LogP contribution in [-0.2, 0) is 13.5 Å². The molecule has 0 radical (unpaired) electrons. The normalized spacial score (nSPS) is 15.8. The largest absolute Gasteiger partial charge is 0.355 e. The number of aromatic nitrogens is 2. The van der Waals surface area contributed by atoms with Crippen LogP contribution < -0.4 is 10.6 Å². The van der Waals surface area contributed by atoms with E-state index in [0.717, 1.165) is 36.2 Å². The van der Waals surface area contributed by atoms with Gasteiger partial charge < -0.3 is 10.6 Å². The molecule has 0 aliphatic heterocycles. The quantitative estimate of drug-likeness (QED) is 0.702. The summed E-state index contributed by atoms with van der Waals surface area (Å²) in [6.07, 6.45) is 4.90. The number of amides is 1. The molecule has 1 heterocycles. The molecule has 1 amide bonds. The van der Waals surface area contributed by atoms with Gasteiger partial charge in [-0.1, -0.05) is 24.3 Å². The van der Waals surface area contributed by atoms with Gasteiger partial charge in [-0.2, -0.15) is 5.10 Å². The maximum absolute atomic E-state index is 13.1. The second-order valence-electron chi connectivity index (χ2n) is 7.51. The van der Waals surface area contributed by atoms with Crippen molar-refractivity contribution in [2.45, 2.75) is 39.2 Å². The molecule has 0 saturated heterocycles. The van der Waals surface area contributed by atoms with Crippen LogP contribution in [-0.4, -0.2) is 15.7 Å². The SMILES string of the molecule is Cc1cccc(Nc2ccccc2C(=O)NC2CCCc3c2cnn3C)c1C. The highest BCUT2D eigenvalue weighted by molar-refractivity contribution is 6.00. The number of anilines is 2. The van der Waals surface area contributed by atoms with E-state index < -0.39 is 0 Å². The minimum atomic E-state index is -0.0601. The third-order valence-corrected chi connectivity index (χ3v) is 5.73. The summed E-state index contributed by atoms with van der Waals surface area (Å²) >= 11 is 0. The first-order valence-electron chi connectivity index (χ1n) is 9.78. The molecule has 2 N–H and O–H groups in total. The molecule has 4 rings (SSSR count). The van der Waals surface area contributed by atoms with Gasteiger partial charge in [-0.05, 0) is 62.4 Å². The standard InChI is InChI=1S/C23H26N4O/c1-15-8-6-11-19(16(15)2)25-20-10-5-4-9-17(20)23(28)26-21-12-7-13-22-18(21)14-24-27(22)3/h4-6,8-11,14,21,25H,7,12-13H2,1-3H3,(H,26,28). The van der Waals surface area contributed by atoms with Crippen LogP contribution in [0.1, 0.15) is 51.6 Å². The summed E-state index contributed by atoms with van der Waals surface area (Å²) in [6.45, 7) is 4.18. The lowest BCUT2D eigenvalue weighted by atomic mass is 9.92. The third-order valence-electron chi connectivity index (χ3n) is 5.73. The van der Waals surface area contributed by atoms with E-state index in [1.54, 1.807) is 0 Å². The molecule has 1 aliphatic rings. The van der Waals surface area contributed by atoms with Gasteiger partial charge in [0.2, 0.25) is 0 Å². The van der Waals surface area contributed by atoms with Crippen molar-refractivity contribution in [3.8, 4) is 0 Å². The third kappa shape index (κ3) is 3.40. The van der Waals surface area contributed by atoms with Crippen molar-refractivity contribution in [2.24, 2.45) is 7.05 Å². The van der Waals surface area contributed by atoms with E-state index in [1.165, 1.54) is 16.8 Å². The van der Waals surface area contributed by atoms with Gasteiger partial charge in [0.25, 0.3) is 5.91 Å². The lowest BCUT2D eigenvalue weighted by molar-refractivity contribution is 0.0933. The van der Waals surface area contributed by atoms with Crippen LogP contribution >= 0.6 is 0 Å². The van der Waals surface area contributed by atoms with Crippen LogP contribution in [0.4, 0.5) is 11.4 Å². The van der Waals surface area contributed by atoms with E-state index in [4.69, 9.17) is 0 Å². The van der Waals surface area contributed by atoms with Crippen LogP contribution in [0.25, 0.3) is 0 Å². The summed E-state index contributed by atoms with van der Waals surface area (Å²) in [5, 5.41) is 11.0. The Morgan fingerprint density at radius 3 is 2.75 bits per heavy atom. The monoisotopic (exact) mass is 374 g/mol. The number of aryl methyl sites for hydroxylation is 2. The van der Waals surface area contributed by atoms with Crippen LogP contribution in [0.2, 0.25) is 0 Å². The van der Waals surface area contributed by atoms with Crippen molar-refractivity contribution in [3.05, 3.63) is 76.6 Å². The highest BCUT2D eigenvalue weighted by Crippen LogP contribution is 2.30. The van der Waals surface area contributed by atoms with E-state index in [1.807, 2.05) is 54.3 Å². The van der Waals surface area contributed by atoms with Gasteiger partial charge in [0, 0.05) is 24.0 Å². The molecule has 0 saturated carbocycles. The summed E-state index contributed by atoms with van der Waals surface area (Å²) in [7, 11) is 1.96. The molecule has 0 spiro atoms. The van der Waals surface area contributed by atoms with Gasteiger partial charge in [-0.25, -0.2) is 0 Å². The van der Waals surface area contributed by atoms with E-state index in [0.29, 0.717) is 5.56 Å². The fraction of sp³-hybridized carbons (Fsp3) is 0.304. The van der Waals surface area contributed by atoms with Crippen molar-refractivity contribution in [3.63, 3.8) is 0 Å². The fourth-order valence-electron chi connectivity index (χ4n) is 3.91. The summed E-state index contributed by atoms with van der Waals surface area (Å²) in [6, 6.07) is 13.8. The Morgan fingerprint density at radius 1 is 1.11 bits per heavy atom. The Kier molecular flexibility index (Phi) is 4.90. The van der Waals surface area contributed by atoms with Gasteiger partial charge >= 0.3 is 0 Å². The van der Waals surface area contributed by atoms with Crippen LogP contribution in [0, 0.1) is 13.8 Å². The van der Waals surface area contributed by atoms with Crippen molar-refractivity contribution >= 4 is 17.3 Å². The van der Waals surface area contributed by atoms with Crippen LogP contribution in [0.3, 0.4) is 0 Å². The first-order valence-corrected chi connectivity index (χ1v) is 9.78. The Labute approximate surface area is 165 Å². The molecule has 1 aromatic heterocycles. The minimum absolute atomic E-state index is 0.0127. The average Bonchev–Trinajstić information content (AvgIpc) is 3.08. The molecule has 28 heavy (non-hydrogen) atoms. The zero-order valence-corrected chi connectivity index (χ0v) is 16.6. The van der Waals surface area contributed by atoms with Gasteiger partial charge in [-0.3, -0.25) is 9.48 Å². The summed E-state index contributed by atoms with van der Waals surface area (Å²) in [5.41, 5.74) is 7.26. The lowest BCUT2D eigenvalue weighted by Crippen LogP contribution is -2.31. The number of carbonyl (C=O) groups excluding carboxylic acids is 1. The van der Waals surface area contributed by atoms with E-state index in [9.17, 15) is 4.79 Å². The number of fused-ring (bicyclic) bond motifs is 1. The maximum Gasteiger partial charge on any atom is 0.253 e. The van der Waals surface area contributed by atoms with E-state index >= 15 is 0 Å². The number of para-hydroxylation sites is 1. The predicted octanol–water partition coefficient (Wildman–Crippen LogP) is 4.59.